The molecule has 0 aliphatic rings. The van der Waals surface area contributed by atoms with Crippen LogP contribution in [0.4, 0.5) is 31.5 Å². The van der Waals surface area contributed by atoms with Gasteiger partial charge in [-0.15, -0.1) is 0 Å². The number of ether oxygens (including phenoxy) is 5. The van der Waals surface area contributed by atoms with E-state index in [1.807, 2.05) is 30.3 Å². The molecule has 10 amide bonds. The summed E-state index contributed by atoms with van der Waals surface area (Å²) < 4.78 is 97.9. The molecule has 0 saturated heterocycles. The van der Waals surface area contributed by atoms with E-state index in [1.54, 1.807) is 164 Å². The molecule has 6 aromatic carbocycles. The number of alkyl carbamates (subject to hydrolysis) is 2. The molecule has 0 aliphatic carbocycles. The summed E-state index contributed by atoms with van der Waals surface area (Å²) in [6.45, 7) is 9.87. The average molecular weight is 1520 g/mol. The van der Waals surface area contributed by atoms with Gasteiger partial charge in [0.05, 0.1) is 13.2 Å². The van der Waals surface area contributed by atoms with E-state index in [2.05, 4.69) is 52.6 Å². The van der Waals surface area contributed by atoms with Crippen molar-refractivity contribution in [1.29, 1.82) is 0 Å². The highest BCUT2D eigenvalue weighted by atomic mass is 19.2. The van der Waals surface area contributed by atoms with Crippen LogP contribution in [0.15, 0.2) is 146 Å². The number of unbranched alkanes of at least 4 members (excludes halogenated alkanes) is 1. The largest absolute Gasteiger partial charge is 0.489 e. The summed E-state index contributed by atoms with van der Waals surface area (Å²) in [7, 11) is 0. The maximum Gasteiger partial charge on any atom is 0.408 e. The highest BCUT2D eigenvalue weighted by molar-refractivity contribution is 5.98. The van der Waals surface area contributed by atoms with Crippen LogP contribution >= 0.6 is 0 Å². The third-order valence-electron chi connectivity index (χ3n) is 16.3. The number of amides is 10. The average Bonchev–Trinajstić information content (AvgIpc) is 0.795. The predicted octanol–water partition coefficient (Wildman–Crippen LogP) is 7.55. The van der Waals surface area contributed by atoms with Gasteiger partial charge < -0.3 is 77.3 Å². The van der Waals surface area contributed by atoms with Crippen LogP contribution in [0.5, 0.6) is 11.5 Å². The molecule has 31 heteroatoms. The number of hydrogen-bond acceptors (Lipinski definition) is 16. The second-order valence-corrected chi connectivity index (χ2v) is 27.3. The van der Waals surface area contributed by atoms with E-state index in [1.165, 1.54) is 0 Å². The van der Waals surface area contributed by atoms with Crippen LogP contribution in [0.1, 0.15) is 115 Å². The molecular weight excluding hydrogens is 1430 g/mol. The maximum atomic E-state index is 14.8. The highest BCUT2D eigenvalue weighted by Gasteiger charge is 2.37. The quantitative estimate of drug-likeness (QED) is 0.00442. The molecule has 109 heavy (non-hydrogen) atoms. The van der Waals surface area contributed by atoms with Gasteiger partial charge in [-0.1, -0.05) is 161 Å². The van der Waals surface area contributed by atoms with Crippen LogP contribution in [0.2, 0.25) is 0 Å². The Kier molecular flexibility index (Phi) is 34.4. The van der Waals surface area contributed by atoms with Gasteiger partial charge >= 0.3 is 18.2 Å². The Morgan fingerprint density at radius 1 is 0.440 bits per heavy atom. The Balaban J connectivity index is 1.20. The van der Waals surface area contributed by atoms with Gasteiger partial charge in [-0.3, -0.25) is 38.4 Å². The molecule has 6 aromatic rings. The number of carbonyl (C=O) groups excluding carboxylic acids is 11. The molecule has 0 aliphatic heterocycles. The van der Waals surface area contributed by atoms with Crippen molar-refractivity contribution in [3.05, 3.63) is 202 Å². The number of benzene rings is 6. The van der Waals surface area contributed by atoms with Crippen molar-refractivity contribution in [2.75, 3.05) is 19.7 Å². The number of nitrogens with two attached hydrogens (primary N) is 1. The molecule has 0 spiro atoms. The van der Waals surface area contributed by atoms with E-state index < -0.39 is 180 Å². The molecule has 26 nitrogen and oxygen atoms in total. The first-order valence-electron chi connectivity index (χ1n) is 35.3. The molecule has 0 saturated carbocycles. The van der Waals surface area contributed by atoms with Gasteiger partial charge in [0.15, 0.2) is 0 Å². The van der Waals surface area contributed by atoms with Crippen LogP contribution in [-0.4, -0.2) is 133 Å². The van der Waals surface area contributed by atoms with Crippen LogP contribution < -0.4 is 63.1 Å². The van der Waals surface area contributed by atoms with E-state index in [0.717, 1.165) is 5.56 Å². The van der Waals surface area contributed by atoms with Gasteiger partial charge in [0.25, 0.3) is 0 Å². The minimum absolute atomic E-state index is 0.00804. The third kappa shape index (κ3) is 30.0. The van der Waals surface area contributed by atoms with E-state index in [-0.39, 0.29) is 70.8 Å². The van der Waals surface area contributed by atoms with Crippen molar-refractivity contribution in [1.82, 2.24) is 47.9 Å². The minimum Gasteiger partial charge on any atom is -0.489 e. The molecule has 0 aromatic heterocycles. The number of rotatable bonds is 41. The van der Waals surface area contributed by atoms with E-state index in [0.29, 0.717) is 28.0 Å². The van der Waals surface area contributed by atoms with Crippen molar-refractivity contribution in [2.45, 2.75) is 168 Å². The lowest BCUT2D eigenvalue weighted by molar-refractivity contribution is -0.137. The minimum atomic E-state index is -2.52. The van der Waals surface area contributed by atoms with Crippen molar-refractivity contribution in [3.8, 4) is 11.5 Å². The van der Waals surface area contributed by atoms with Crippen molar-refractivity contribution < 1.29 is 98.4 Å². The summed E-state index contributed by atoms with van der Waals surface area (Å²) in [6.07, 6.45) is -3.17. The SMILES string of the molecule is CC(C)C[C@H](NC(=O)[C@@H](NC(=O)[C@H](CCC(N)=O)NC(=O)[C@H](COCc1ccccc1)NC(=O)[C@H](Cc1ccc(OCc2ccccc2)cc1)NC(=O)OC(C)(C)C)C(C)C)C(=O)N[C@@H](Cc1ccccc1)C(=O)N[C@@H](CCCCNC(=O)OCc1ccccc1)C(=O)NCC(=O)Oc1c(F)c(F)c(F)c(F)c1F. The fraction of sp³-hybridized carbons (Fsp3) is 0.397. The topological polar surface area (TPSA) is 368 Å². The summed E-state index contributed by atoms with van der Waals surface area (Å²) in [5.74, 6) is -24.3. The Bertz CT molecular complexity index is 4010. The second-order valence-electron chi connectivity index (χ2n) is 27.3. The molecule has 0 heterocycles. The van der Waals surface area contributed by atoms with Gasteiger partial charge in [-0.05, 0) is 105 Å². The lowest BCUT2D eigenvalue weighted by Gasteiger charge is -2.29. The Hall–Kier alpha value is -11.5. The summed E-state index contributed by atoms with van der Waals surface area (Å²) in [5, 5.41) is 23.0. The number of hydrogen-bond donors (Lipinski definition) is 10. The number of halogens is 5. The van der Waals surface area contributed by atoms with Crippen LogP contribution in [0.3, 0.4) is 0 Å². The monoisotopic (exact) mass is 1520 g/mol. The van der Waals surface area contributed by atoms with E-state index in [9.17, 15) is 74.7 Å². The van der Waals surface area contributed by atoms with Crippen molar-refractivity contribution >= 4 is 65.4 Å². The molecular formula is C78H93F5N10O16. The van der Waals surface area contributed by atoms with Crippen molar-refractivity contribution in [3.63, 3.8) is 0 Å². The number of primary amides is 1. The Morgan fingerprint density at radius 2 is 0.890 bits per heavy atom. The third-order valence-corrected chi connectivity index (χ3v) is 16.3. The maximum absolute atomic E-state index is 14.8. The second kappa shape index (κ2) is 43.3. The molecule has 0 fully saturated rings. The fourth-order valence-electron chi connectivity index (χ4n) is 10.7. The smallest absolute Gasteiger partial charge is 0.408 e. The van der Waals surface area contributed by atoms with Gasteiger partial charge in [0.2, 0.25) is 82.1 Å². The van der Waals surface area contributed by atoms with Gasteiger partial charge in [0.1, 0.15) is 73.4 Å². The lowest BCUT2D eigenvalue weighted by Crippen LogP contribution is -2.61. The zero-order valence-electron chi connectivity index (χ0n) is 61.5. The molecule has 0 unspecified atom stereocenters. The number of esters is 1. The summed E-state index contributed by atoms with van der Waals surface area (Å²) >= 11 is 0. The molecule has 0 bridgehead atoms. The zero-order valence-corrected chi connectivity index (χ0v) is 61.5. The van der Waals surface area contributed by atoms with Gasteiger partial charge in [0, 0.05) is 25.8 Å². The van der Waals surface area contributed by atoms with Crippen LogP contribution in [-0.2, 0) is 90.0 Å². The lowest BCUT2D eigenvalue weighted by atomic mass is 9.98. The van der Waals surface area contributed by atoms with Gasteiger partial charge in [-0.2, -0.15) is 8.78 Å². The first kappa shape index (κ1) is 86.4. The zero-order chi connectivity index (χ0) is 79.7. The van der Waals surface area contributed by atoms with Gasteiger partial charge in [-0.25, -0.2) is 27.6 Å². The van der Waals surface area contributed by atoms with E-state index in [4.69, 9.17) is 24.7 Å². The highest BCUT2D eigenvalue weighted by Crippen LogP contribution is 2.29. The fourth-order valence-corrected chi connectivity index (χ4v) is 10.7. The summed E-state index contributed by atoms with van der Waals surface area (Å²) in [4.78, 5) is 153. The van der Waals surface area contributed by atoms with E-state index >= 15 is 0 Å². The normalized spacial score (nSPS) is 13.1. The Morgan fingerprint density at radius 3 is 1.42 bits per heavy atom. The summed E-state index contributed by atoms with van der Waals surface area (Å²) in [6, 6.07) is 31.2. The molecule has 6 rings (SSSR count). The van der Waals surface area contributed by atoms with Crippen LogP contribution in [0, 0.1) is 40.9 Å². The molecule has 11 N–H and O–H groups in total. The Labute approximate surface area is 628 Å². The van der Waals surface area contributed by atoms with Crippen molar-refractivity contribution in [2.24, 2.45) is 17.6 Å². The first-order valence-corrected chi connectivity index (χ1v) is 35.3. The predicted molar refractivity (Wildman–Crippen MR) is 388 cm³/mol. The molecule has 0 radical (unpaired) electrons. The molecule has 586 valence electrons. The first-order chi connectivity index (χ1) is 51.8. The van der Waals surface area contributed by atoms with Crippen LogP contribution in [0.25, 0.3) is 0 Å². The number of carbonyl (C=O) groups is 11. The molecule has 7 atom stereocenters. The number of nitrogens with one attached hydrogen (secondary N) is 9. The standard InChI is InChI=1S/C78H93F5N10O16/c1-46(2)38-56(71(98)89-57(39-48-22-12-8-13-23-48)72(99)87-54(30-20-21-37-85-76(103)107-44-52-28-18-11-19-29-52)69(96)86-41-61(95)108-68-65(82)63(80)62(79)64(81)66(68)83)90-75(102)67(47(3)4)93-70(97)55(35-36-60(84)94)88-74(101)59(45-105-42-50-24-14-9-15-25-50)91-73(100)58(92-77(104)109-78(5,6)7)40-49-31-33-53(34-32-49)106-43-51-26-16-10-17-27-51/h8-19,22-29,31-34,46-47,54-59,67H,20-21,30,35-45H2,1-7H3,(H2,84,94)(H,85,103)(H,86,96)(H,87,99)(H,88,101)(H,89,98)(H,90,102)(H,91,100)(H,92,104)(H,93,97)/t54-,55-,56-,57-,58-,59-,67-/m0/s1. The summed E-state index contributed by atoms with van der Waals surface area (Å²) in [5.41, 5.74) is 7.95.